The molecule has 0 aliphatic heterocycles. The Balaban J connectivity index is 1.51. The molecule has 6 heteroatoms. The predicted molar refractivity (Wildman–Crippen MR) is 104 cm³/mol. The molecule has 0 unspecified atom stereocenters. The van der Waals surface area contributed by atoms with Crippen LogP contribution < -0.4 is 10.6 Å². The van der Waals surface area contributed by atoms with Crippen LogP contribution in [-0.4, -0.2) is 15.9 Å². The van der Waals surface area contributed by atoms with E-state index < -0.39 is 0 Å². The number of para-hydroxylation sites is 1. The Hall–Kier alpha value is -3.80. The third-order valence-electron chi connectivity index (χ3n) is 3.99. The average Bonchev–Trinajstić information content (AvgIpc) is 2.69. The number of nitrogens with one attached hydrogen (secondary N) is 2. The Morgan fingerprint density at radius 1 is 0.889 bits per heavy atom. The van der Waals surface area contributed by atoms with Gasteiger partial charge in [0, 0.05) is 17.3 Å². The fourth-order valence-corrected chi connectivity index (χ4v) is 2.73. The van der Waals surface area contributed by atoms with Crippen LogP contribution in [0.3, 0.4) is 0 Å². The molecule has 0 bridgehead atoms. The van der Waals surface area contributed by atoms with E-state index in [4.69, 9.17) is 0 Å². The minimum absolute atomic E-state index is 0.271. The number of pyridine rings is 2. The van der Waals surface area contributed by atoms with Gasteiger partial charge in [0.05, 0.1) is 23.1 Å². The van der Waals surface area contributed by atoms with Gasteiger partial charge in [-0.2, -0.15) is 0 Å². The van der Waals surface area contributed by atoms with Gasteiger partial charge in [-0.15, -0.1) is 0 Å². The van der Waals surface area contributed by atoms with Gasteiger partial charge in [-0.3, -0.25) is 9.78 Å². The van der Waals surface area contributed by atoms with Gasteiger partial charge in [-0.1, -0.05) is 24.3 Å². The maximum Gasteiger partial charge on any atom is 0.274 e. The number of aromatic nitrogens is 2. The summed E-state index contributed by atoms with van der Waals surface area (Å²) in [6.45, 7) is 0. The zero-order valence-corrected chi connectivity index (χ0v) is 14.2. The van der Waals surface area contributed by atoms with E-state index in [0.717, 1.165) is 10.9 Å². The Kier molecular flexibility index (Phi) is 4.45. The molecule has 0 atom stereocenters. The molecule has 2 heterocycles. The molecule has 0 fully saturated rings. The number of carbonyl (C=O) groups excluding carboxylic acids is 1. The summed E-state index contributed by atoms with van der Waals surface area (Å²) in [6.07, 6.45) is 3.21. The molecule has 5 nitrogen and oxygen atoms in total. The van der Waals surface area contributed by atoms with Crippen molar-refractivity contribution < 1.29 is 9.18 Å². The normalized spacial score (nSPS) is 10.6. The number of anilines is 3. The first kappa shape index (κ1) is 16.7. The number of hydrogen-bond donors (Lipinski definition) is 2. The molecule has 0 aliphatic rings. The van der Waals surface area contributed by atoms with E-state index >= 15 is 0 Å². The Morgan fingerprint density at radius 2 is 1.74 bits per heavy atom. The van der Waals surface area contributed by atoms with Crippen molar-refractivity contribution in [3.63, 3.8) is 0 Å². The minimum Gasteiger partial charge on any atom is -0.354 e. The highest BCUT2D eigenvalue weighted by Gasteiger charge is 2.10. The number of fused-ring (bicyclic) bond motifs is 1. The zero-order chi connectivity index (χ0) is 18.6. The monoisotopic (exact) mass is 358 g/mol. The number of benzene rings is 2. The maximum atomic E-state index is 13.2. The average molecular weight is 358 g/mol. The summed E-state index contributed by atoms with van der Waals surface area (Å²) in [5.41, 5.74) is 2.88. The molecular weight excluding hydrogens is 343 g/mol. The Bertz CT molecular complexity index is 1110. The van der Waals surface area contributed by atoms with Gasteiger partial charge in [0.2, 0.25) is 0 Å². The van der Waals surface area contributed by atoms with Crippen molar-refractivity contribution in [2.45, 2.75) is 0 Å². The molecular formula is C21H15FN4O. The van der Waals surface area contributed by atoms with Crippen LogP contribution in [0.1, 0.15) is 10.5 Å². The van der Waals surface area contributed by atoms with Crippen molar-refractivity contribution in [1.82, 2.24) is 9.97 Å². The molecule has 0 aliphatic carbocycles. The standard InChI is InChI=1S/C21H15FN4O/c22-15-6-2-7-16(12-15)25-17-9-10-19(24-13-17)21(27)26-18-8-1-4-14-5-3-11-23-20(14)18/h1-13,25H,(H,26,27). The molecule has 0 spiro atoms. The number of carbonyl (C=O) groups is 1. The Labute approximate surface area is 154 Å². The summed E-state index contributed by atoms with van der Waals surface area (Å²) in [5.74, 6) is -0.655. The molecule has 27 heavy (non-hydrogen) atoms. The molecule has 1 amide bonds. The van der Waals surface area contributed by atoms with Crippen molar-refractivity contribution >= 4 is 33.9 Å². The molecule has 4 rings (SSSR count). The lowest BCUT2D eigenvalue weighted by Crippen LogP contribution is -2.14. The fraction of sp³-hybridized carbons (Fsp3) is 0. The second-order valence-corrected chi connectivity index (χ2v) is 5.90. The summed E-state index contributed by atoms with van der Waals surface area (Å²) < 4.78 is 13.2. The van der Waals surface area contributed by atoms with E-state index in [0.29, 0.717) is 17.1 Å². The van der Waals surface area contributed by atoms with Crippen molar-refractivity contribution in [3.8, 4) is 0 Å². The highest BCUT2D eigenvalue weighted by Crippen LogP contribution is 2.21. The lowest BCUT2D eigenvalue weighted by molar-refractivity contribution is 0.102. The van der Waals surface area contributed by atoms with Crippen LogP contribution in [0.15, 0.2) is 79.1 Å². The highest BCUT2D eigenvalue weighted by atomic mass is 19.1. The van der Waals surface area contributed by atoms with Crippen LogP contribution in [0.2, 0.25) is 0 Å². The minimum atomic E-state index is -0.328. The topological polar surface area (TPSA) is 66.9 Å². The first-order chi connectivity index (χ1) is 13.2. The van der Waals surface area contributed by atoms with Crippen LogP contribution in [0.25, 0.3) is 10.9 Å². The molecule has 2 N–H and O–H groups in total. The molecule has 2 aromatic heterocycles. The smallest absolute Gasteiger partial charge is 0.274 e. The number of rotatable bonds is 4. The van der Waals surface area contributed by atoms with Crippen LogP contribution >= 0.6 is 0 Å². The van der Waals surface area contributed by atoms with Crippen molar-refractivity contribution in [2.24, 2.45) is 0 Å². The quantitative estimate of drug-likeness (QED) is 0.552. The second-order valence-electron chi connectivity index (χ2n) is 5.90. The van der Waals surface area contributed by atoms with Crippen LogP contribution in [0.4, 0.5) is 21.5 Å². The van der Waals surface area contributed by atoms with Gasteiger partial charge in [0.15, 0.2) is 0 Å². The van der Waals surface area contributed by atoms with E-state index in [1.807, 2.05) is 24.3 Å². The number of nitrogens with zero attached hydrogens (tertiary/aromatic N) is 2. The van der Waals surface area contributed by atoms with E-state index in [2.05, 4.69) is 20.6 Å². The first-order valence-corrected chi connectivity index (χ1v) is 8.33. The summed E-state index contributed by atoms with van der Waals surface area (Å²) in [4.78, 5) is 21.0. The van der Waals surface area contributed by atoms with E-state index in [1.165, 1.54) is 18.3 Å². The van der Waals surface area contributed by atoms with E-state index in [1.54, 1.807) is 36.5 Å². The Morgan fingerprint density at radius 3 is 2.56 bits per heavy atom. The lowest BCUT2D eigenvalue weighted by atomic mass is 10.2. The number of amides is 1. The lowest BCUT2D eigenvalue weighted by Gasteiger charge is -2.09. The number of halogens is 1. The van der Waals surface area contributed by atoms with Gasteiger partial charge < -0.3 is 10.6 Å². The molecule has 2 aromatic carbocycles. The molecule has 4 aromatic rings. The third-order valence-corrected chi connectivity index (χ3v) is 3.99. The second kappa shape index (κ2) is 7.21. The van der Waals surface area contributed by atoms with Crippen LogP contribution in [0, 0.1) is 5.82 Å². The number of hydrogen-bond acceptors (Lipinski definition) is 4. The zero-order valence-electron chi connectivity index (χ0n) is 14.2. The van der Waals surface area contributed by atoms with E-state index in [-0.39, 0.29) is 17.4 Å². The van der Waals surface area contributed by atoms with Crippen molar-refractivity contribution in [1.29, 1.82) is 0 Å². The molecule has 0 saturated carbocycles. The molecule has 0 radical (unpaired) electrons. The van der Waals surface area contributed by atoms with Crippen molar-refractivity contribution in [2.75, 3.05) is 10.6 Å². The summed E-state index contributed by atoms with van der Waals surface area (Å²) in [6, 6.07) is 18.8. The van der Waals surface area contributed by atoms with Crippen LogP contribution in [0.5, 0.6) is 0 Å². The molecule has 132 valence electrons. The maximum absolute atomic E-state index is 13.2. The fourth-order valence-electron chi connectivity index (χ4n) is 2.73. The first-order valence-electron chi connectivity index (χ1n) is 8.33. The van der Waals surface area contributed by atoms with E-state index in [9.17, 15) is 9.18 Å². The van der Waals surface area contributed by atoms with Gasteiger partial charge in [-0.05, 0) is 42.5 Å². The SMILES string of the molecule is O=C(Nc1cccc2cccnc12)c1ccc(Nc2cccc(F)c2)cn1. The summed E-state index contributed by atoms with van der Waals surface area (Å²) in [5, 5.41) is 6.83. The van der Waals surface area contributed by atoms with Crippen LogP contribution in [-0.2, 0) is 0 Å². The van der Waals surface area contributed by atoms with Gasteiger partial charge in [-0.25, -0.2) is 9.37 Å². The molecule has 0 saturated heterocycles. The van der Waals surface area contributed by atoms with Gasteiger partial charge in [0.25, 0.3) is 5.91 Å². The highest BCUT2D eigenvalue weighted by molar-refractivity contribution is 6.07. The third kappa shape index (κ3) is 3.74. The van der Waals surface area contributed by atoms with Gasteiger partial charge in [0.1, 0.15) is 11.5 Å². The summed E-state index contributed by atoms with van der Waals surface area (Å²) in [7, 11) is 0. The summed E-state index contributed by atoms with van der Waals surface area (Å²) >= 11 is 0. The van der Waals surface area contributed by atoms with Crippen molar-refractivity contribution in [3.05, 3.63) is 90.6 Å². The predicted octanol–water partition coefficient (Wildman–Crippen LogP) is 4.76. The largest absolute Gasteiger partial charge is 0.354 e. The van der Waals surface area contributed by atoms with Gasteiger partial charge >= 0.3 is 0 Å².